The van der Waals surface area contributed by atoms with Crippen LogP contribution in [0.4, 0.5) is 10.1 Å². The lowest BCUT2D eigenvalue weighted by Gasteiger charge is -2.12. The van der Waals surface area contributed by atoms with Crippen LogP contribution in [0, 0.1) is 19.7 Å². The summed E-state index contributed by atoms with van der Waals surface area (Å²) in [6.07, 6.45) is 0.511. The lowest BCUT2D eigenvalue weighted by molar-refractivity contribution is 0.0954. The molecule has 0 aliphatic carbocycles. The van der Waals surface area contributed by atoms with Gasteiger partial charge in [-0.2, -0.15) is 0 Å². The van der Waals surface area contributed by atoms with Gasteiger partial charge in [0.2, 0.25) is 0 Å². The Kier molecular flexibility index (Phi) is 6.52. The van der Waals surface area contributed by atoms with Gasteiger partial charge in [0, 0.05) is 17.8 Å². The summed E-state index contributed by atoms with van der Waals surface area (Å²) >= 11 is 0. The summed E-state index contributed by atoms with van der Waals surface area (Å²) in [6.45, 7) is 3.94. The minimum Gasteiger partial charge on any atom is -0.352 e. The predicted octanol–water partition coefficient (Wildman–Crippen LogP) is 4.22. The van der Waals surface area contributed by atoms with E-state index in [9.17, 15) is 17.6 Å². The van der Waals surface area contributed by atoms with Crippen LogP contribution in [0.5, 0.6) is 0 Å². The number of sulfonamides is 1. The molecule has 0 fully saturated rings. The van der Waals surface area contributed by atoms with Crippen LogP contribution in [0.15, 0.2) is 71.6 Å². The zero-order valence-electron chi connectivity index (χ0n) is 16.8. The van der Waals surface area contributed by atoms with Gasteiger partial charge < -0.3 is 5.32 Å². The second kappa shape index (κ2) is 9.09. The number of rotatable bonds is 7. The Morgan fingerprint density at radius 1 is 0.967 bits per heavy atom. The van der Waals surface area contributed by atoms with E-state index in [0.717, 1.165) is 11.1 Å². The maximum atomic E-state index is 13.2. The van der Waals surface area contributed by atoms with Crippen molar-refractivity contribution < 1.29 is 17.6 Å². The van der Waals surface area contributed by atoms with Gasteiger partial charge in [0.05, 0.1) is 4.90 Å². The van der Waals surface area contributed by atoms with E-state index in [1.54, 1.807) is 55.5 Å². The van der Waals surface area contributed by atoms with Crippen molar-refractivity contribution in [2.45, 2.75) is 25.2 Å². The summed E-state index contributed by atoms with van der Waals surface area (Å²) in [6, 6.07) is 17.7. The number of nitrogens with one attached hydrogen (secondary N) is 2. The molecule has 0 aromatic heterocycles. The molecular formula is C23H23FN2O3S. The van der Waals surface area contributed by atoms with E-state index in [1.165, 1.54) is 12.1 Å². The van der Waals surface area contributed by atoms with Crippen molar-refractivity contribution in [2.24, 2.45) is 0 Å². The maximum absolute atomic E-state index is 13.2. The summed E-state index contributed by atoms with van der Waals surface area (Å²) in [5.74, 6) is -0.590. The second-order valence-electron chi connectivity index (χ2n) is 7.09. The topological polar surface area (TPSA) is 75.3 Å². The molecule has 0 saturated heterocycles. The van der Waals surface area contributed by atoms with E-state index in [-0.39, 0.29) is 16.6 Å². The molecule has 2 N–H and O–H groups in total. The van der Waals surface area contributed by atoms with Gasteiger partial charge in [-0.05, 0) is 79.4 Å². The van der Waals surface area contributed by atoms with Gasteiger partial charge in [-0.3, -0.25) is 9.52 Å². The van der Waals surface area contributed by atoms with Gasteiger partial charge in [0.15, 0.2) is 0 Å². The third kappa shape index (κ3) is 5.45. The molecular weight excluding hydrogens is 403 g/mol. The predicted molar refractivity (Wildman–Crippen MR) is 116 cm³/mol. The number of amides is 1. The SMILES string of the molecule is Cc1ccc(C)c(S(=O)(=O)Nc2ccc(C(=O)NCCc3cccc(F)c3)cc2)c1. The first kappa shape index (κ1) is 21.5. The molecule has 0 saturated carbocycles. The zero-order valence-corrected chi connectivity index (χ0v) is 17.6. The first-order valence-corrected chi connectivity index (χ1v) is 11.0. The molecule has 0 spiro atoms. The summed E-state index contributed by atoms with van der Waals surface area (Å²) in [4.78, 5) is 12.5. The number of carbonyl (C=O) groups excluding carboxylic acids is 1. The highest BCUT2D eigenvalue weighted by atomic mass is 32.2. The van der Waals surface area contributed by atoms with Gasteiger partial charge in [-0.1, -0.05) is 24.3 Å². The van der Waals surface area contributed by atoms with Crippen LogP contribution in [-0.2, 0) is 16.4 Å². The zero-order chi connectivity index (χ0) is 21.7. The number of hydrogen-bond donors (Lipinski definition) is 2. The van der Waals surface area contributed by atoms with E-state index in [0.29, 0.717) is 29.8 Å². The standard InChI is InChI=1S/C23H23FN2O3S/c1-16-6-7-17(2)22(14-16)30(28,29)26-21-10-8-19(9-11-21)23(27)25-13-12-18-4-3-5-20(24)15-18/h3-11,14-15,26H,12-13H2,1-2H3,(H,25,27). The van der Waals surface area contributed by atoms with Gasteiger partial charge in [0.25, 0.3) is 15.9 Å². The number of halogens is 1. The van der Waals surface area contributed by atoms with E-state index < -0.39 is 10.0 Å². The summed E-state index contributed by atoms with van der Waals surface area (Å²) in [5.41, 5.74) is 3.08. The van der Waals surface area contributed by atoms with E-state index in [2.05, 4.69) is 10.0 Å². The molecule has 0 atom stereocenters. The van der Waals surface area contributed by atoms with Crippen molar-refractivity contribution in [2.75, 3.05) is 11.3 Å². The summed E-state index contributed by atoms with van der Waals surface area (Å²) in [7, 11) is -3.73. The normalized spacial score (nSPS) is 11.2. The highest BCUT2D eigenvalue weighted by Crippen LogP contribution is 2.21. The molecule has 0 aliphatic rings. The summed E-state index contributed by atoms with van der Waals surface area (Å²) < 4.78 is 41.1. The highest BCUT2D eigenvalue weighted by Gasteiger charge is 2.17. The molecule has 0 radical (unpaired) electrons. The van der Waals surface area contributed by atoms with Gasteiger partial charge >= 0.3 is 0 Å². The fourth-order valence-electron chi connectivity index (χ4n) is 3.01. The monoisotopic (exact) mass is 426 g/mol. The van der Waals surface area contributed by atoms with Crippen LogP contribution >= 0.6 is 0 Å². The minimum atomic E-state index is -3.73. The van der Waals surface area contributed by atoms with Crippen molar-refractivity contribution in [1.82, 2.24) is 5.32 Å². The quantitative estimate of drug-likeness (QED) is 0.594. The van der Waals surface area contributed by atoms with Crippen molar-refractivity contribution in [3.63, 3.8) is 0 Å². The van der Waals surface area contributed by atoms with Crippen molar-refractivity contribution >= 4 is 21.6 Å². The number of carbonyl (C=O) groups is 1. The molecule has 3 aromatic rings. The Hall–Kier alpha value is -3.19. The molecule has 30 heavy (non-hydrogen) atoms. The smallest absolute Gasteiger partial charge is 0.262 e. The van der Waals surface area contributed by atoms with Crippen LogP contribution in [0.1, 0.15) is 27.0 Å². The molecule has 7 heteroatoms. The minimum absolute atomic E-state index is 0.224. The average Bonchev–Trinajstić information content (AvgIpc) is 2.70. The van der Waals surface area contributed by atoms with Gasteiger partial charge in [-0.25, -0.2) is 12.8 Å². The number of hydrogen-bond acceptors (Lipinski definition) is 3. The van der Waals surface area contributed by atoms with E-state index >= 15 is 0 Å². The number of benzene rings is 3. The van der Waals surface area contributed by atoms with Crippen LogP contribution in [0.25, 0.3) is 0 Å². The molecule has 0 unspecified atom stereocenters. The Morgan fingerprint density at radius 2 is 1.70 bits per heavy atom. The molecule has 156 valence electrons. The van der Waals surface area contributed by atoms with Crippen molar-refractivity contribution in [3.05, 3.63) is 94.8 Å². The largest absolute Gasteiger partial charge is 0.352 e. The second-order valence-corrected chi connectivity index (χ2v) is 8.74. The number of aryl methyl sites for hydroxylation is 2. The third-order valence-electron chi connectivity index (χ3n) is 4.62. The van der Waals surface area contributed by atoms with Crippen LogP contribution in [0.3, 0.4) is 0 Å². The molecule has 3 rings (SSSR count). The lowest BCUT2D eigenvalue weighted by Crippen LogP contribution is -2.25. The van der Waals surface area contributed by atoms with Crippen molar-refractivity contribution in [1.29, 1.82) is 0 Å². The van der Waals surface area contributed by atoms with Gasteiger partial charge in [-0.15, -0.1) is 0 Å². The molecule has 0 bridgehead atoms. The average molecular weight is 427 g/mol. The van der Waals surface area contributed by atoms with Crippen LogP contribution in [-0.4, -0.2) is 20.9 Å². The van der Waals surface area contributed by atoms with Gasteiger partial charge in [0.1, 0.15) is 5.82 Å². The Bertz CT molecular complexity index is 1160. The lowest BCUT2D eigenvalue weighted by atomic mass is 10.1. The van der Waals surface area contributed by atoms with E-state index in [1.807, 2.05) is 13.0 Å². The Morgan fingerprint density at radius 3 is 2.40 bits per heavy atom. The fourth-order valence-corrected chi connectivity index (χ4v) is 4.40. The third-order valence-corrected chi connectivity index (χ3v) is 6.14. The Labute approximate surface area is 176 Å². The molecule has 3 aromatic carbocycles. The first-order valence-electron chi connectivity index (χ1n) is 9.47. The maximum Gasteiger partial charge on any atom is 0.262 e. The first-order chi connectivity index (χ1) is 14.2. The molecule has 0 aliphatic heterocycles. The Balaban J connectivity index is 1.61. The molecule has 1 amide bonds. The molecule has 5 nitrogen and oxygen atoms in total. The van der Waals surface area contributed by atoms with Crippen molar-refractivity contribution in [3.8, 4) is 0 Å². The number of anilines is 1. The molecule has 0 heterocycles. The van der Waals surface area contributed by atoms with E-state index in [4.69, 9.17) is 0 Å². The van der Waals surface area contributed by atoms with Crippen LogP contribution in [0.2, 0.25) is 0 Å². The van der Waals surface area contributed by atoms with Crippen LogP contribution < -0.4 is 10.0 Å². The summed E-state index contributed by atoms with van der Waals surface area (Å²) in [5, 5.41) is 2.77. The fraction of sp³-hybridized carbons (Fsp3) is 0.174. The highest BCUT2D eigenvalue weighted by molar-refractivity contribution is 7.92.